The van der Waals surface area contributed by atoms with Gasteiger partial charge in [-0.2, -0.15) is 5.26 Å². The SMILES string of the molecule is COc1ccc(-c2nnc(SCC(=O)N(C)CCC#N)n2N)cc1. The highest BCUT2D eigenvalue weighted by Gasteiger charge is 2.15. The van der Waals surface area contributed by atoms with Crippen LogP contribution in [0, 0.1) is 11.3 Å². The molecule has 126 valence electrons. The molecular formula is C15H18N6O2S. The zero-order chi connectivity index (χ0) is 17.5. The third-order valence-corrected chi connectivity index (χ3v) is 4.25. The van der Waals surface area contributed by atoms with Gasteiger partial charge in [0.1, 0.15) is 5.75 Å². The molecule has 1 heterocycles. The molecule has 2 N–H and O–H groups in total. The fraction of sp³-hybridized carbons (Fsp3) is 0.333. The molecule has 1 aromatic heterocycles. The molecule has 0 spiro atoms. The fourth-order valence-electron chi connectivity index (χ4n) is 1.89. The molecule has 0 bridgehead atoms. The van der Waals surface area contributed by atoms with Crippen molar-refractivity contribution in [3.8, 4) is 23.2 Å². The van der Waals surface area contributed by atoms with E-state index in [4.69, 9.17) is 15.8 Å². The Bertz CT molecular complexity index is 737. The number of nitrogens with zero attached hydrogens (tertiary/aromatic N) is 5. The Morgan fingerprint density at radius 2 is 2.12 bits per heavy atom. The van der Waals surface area contributed by atoms with Crippen molar-refractivity contribution in [3.63, 3.8) is 0 Å². The van der Waals surface area contributed by atoms with Crippen molar-refractivity contribution >= 4 is 17.7 Å². The summed E-state index contributed by atoms with van der Waals surface area (Å²) in [7, 11) is 3.26. The van der Waals surface area contributed by atoms with Crippen molar-refractivity contribution in [1.82, 2.24) is 19.8 Å². The number of ether oxygens (including phenoxy) is 1. The number of methoxy groups -OCH3 is 1. The van der Waals surface area contributed by atoms with Gasteiger partial charge >= 0.3 is 0 Å². The number of hydrogen-bond acceptors (Lipinski definition) is 7. The van der Waals surface area contributed by atoms with Gasteiger partial charge in [0.2, 0.25) is 11.1 Å². The highest BCUT2D eigenvalue weighted by Crippen LogP contribution is 2.23. The summed E-state index contributed by atoms with van der Waals surface area (Å²) in [5.41, 5.74) is 0.801. The predicted octanol–water partition coefficient (Wildman–Crippen LogP) is 1.13. The minimum absolute atomic E-state index is 0.0933. The minimum Gasteiger partial charge on any atom is -0.497 e. The molecule has 8 nitrogen and oxygen atoms in total. The fourth-order valence-corrected chi connectivity index (χ4v) is 2.69. The lowest BCUT2D eigenvalue weighted by atomic mass is 10.2. The van der Waals surface area contributed by atoms with Gasteiger partial charge < -0.3 is 15.5 Å². The molecule has 2 aromatic rings. The standard InChI is InChI=1S/C15H18N6O2S/c1-20(9-3-8-16)13(22)10-24-15-19-18-14(21(15)17)11-4-6-12(23-2)7-5-11/h4-7H,3,9-10,17H2,1-2H3. The van der Waals surface area contributed by atoms with Crippen LogP contribution in [0.25, 0.3) is 11.4 Å². The van der Waals surface area contributed by atoms with Crippen molar-refractivity contribution in [1.29, 1.82) is 5.26 Å². The first kappa shape index (κ1) is 17.6. The second kappa shape index (κ2) is 8.21. The molecule has 0 fully saturated rings. The van der Waals surface area contributed by atoms with E-state index in [1.807, 2.05) is 30.3 Å². The maximum Gasteiger partial charge on any atom is 0.232 e. The number of nitrogens with two attached hydrogens (primary N) is 1. The van der Waals surface area contributed by atoms with E-state index in [2.05, 4.69) is 10.2 Å². The van der Waals surface area contributed by atoms with E-state index >= 15 is 0 Å². The molecule has 0 aliphatic rings. The van der Waals surface area contributed by atoms with Gasteiger partial charge in [-0.15, -0.1) is 10.2 Å². The second-order valence-electron chi connectivity index (χ2n) is 4.92. The quantitative estimate of drug-likeness (QED) is 0.591. The van der Waals surface area contributed by atoms with Crippen LogP contribution < -0.4 is 10.6 Å². The topological polar surface area (TPSA) is 110 Å². The Morgan fingerprint density at radius 3 is 2.75 bits per heavy atom. The predicted molar refractivity (Wildman–Crippen MR) is 90.8 cm³/mol. The minimum atomic E-state index is -0.0933. The summed E-state index contributed by atoms with van der Waals surface area (Å²) in [6, 6.07) is 9.30. The number of carbonyl (C=O) groups excluding carboxylic acids is 1. The Morgan fingerprint density at radius 1 is 1.42 bits per heavy atom. The van der Waals surface area contributed by atoms with Crippen molar-refractivity contribution in [3.05, 3.63) is 24.3 Å². The Labute approximate surface area is 144 Å². The lowest BCUT2D eigenvalue weighted by Gasteiger charge is -2.14. The number of nitriles is 1. The molecule has 0 aliphatic heterocycles. The van der Waals surface area contributed by atoms with Crippen LogP contribution in [0.3, 0.4) is 0 Å². The van der Waals surface area contributed by atoms with Gasteiger partial charge in [0.05, 0.1) is 25.4 Å². The molecule has 1 amide bonds. The number of benzene rings is 1. The third kappa shape index (κ3) is 4.17. The zero-order valence-electron chi connectivity index (χ0n) is 13.5. The van der Waals surface area contributed by atoms with Crippen LogP contribution in [0.1, 0.15) is 6.42 Å². The van der Waals surface area contributed by atoms with E-state index < -0.39 is 0 Å². The first-order valence-electron chi connectivity index (χ1n) is 7.15. The molecular weight excluding hydrogens is 328 g/mol. The normalized spacial score (nSPS) is 10.2. The van der Waals surface area contributed by atoms with Gasteiger partial charge in [-0.1, -0.05) is 11.8 Å². The van der Waals surface area contributed by atoms with Crippen LogP contribution in [0.2, 0.25) is 0 Å². The van der Waals surface area contributed by atoms with Crippen LogP contribution in [0.5, 0.6) is 5.75 Å². The first-order valence-corrected chi connectivity index (χ1v) is 8.14. The molecule has 0 radical (unpaired) electrons. The maximum absolute atomic E-state index is 12.0. The van der Waals surface area contributed by atoms with E-state index in [0.29, 0.717) is 23.9 Å². The number of aromatic nitrogens is 3. The van der Waals surface area contributed by atoms with Crippen molar-refractivity contribution in [2.24, 2.45) is 0 Å². The Hall–Kier alpha value is -2.73. The average Bonchev–Trinajstić information content (AvgIpc) is 2.98. The zero-order valence-corrected chi connectivity index (χ0v) is 14.3. The number of hydrogen-bond donors (Lipinski definition) is 1. The summed E-state index contributed by atoms with van der Waals surface area (Å²) in [5.74, 6) is 7.35. The summed E-state index contributed by atoms with van der Waals surface area (Å²) in [6.07, 6.45) is 0.307. The van der Waals surface area contributed by atoms with Crippen LogP contribution in [-0.4, -0.2) is 52.1 Å². The Balaban J connectivity index is 2.02. The smallest absolute Gasteiger partial charge is 0.232 e. The van der Waals surface area contributed by atoms with Gasteiger partial charge in [-0.25, -0.2) is 4.68 Å². The summed E-state index contributed by atoms with van der Waals surface area (Å²) >= 11 is 1.21. The van der Waals surface area contributed by atoms with E-state index in [1.165, 1.54) is 21.3 Å². The van der Waals surface area contributed by atoms with E-state index in [9.17, 15) is 4.79 Å². The van der Waals surface area contributed by atoms with Crippen LogP contribution in [0.15, 0.2) is 29.4 Å². The highest BCUT2D eigenvalue weighted by molar-refractivity contribution is 7.99. The lowest BCUT2D eigenvalue weighted by Crippen LogP contribution is -2.29. The van der Waals surface area contributed by atoms with E-state index in [-0.39, 0.29) is 11.7 Å². The van der Waals surface area contributed by atoms with Crippen molar-refractivity contribution < 1.29 is 9.53 Å². The molecule has 0 aliphatic carbocycles. The van der Waals surface area contributed by atoms with Crippen LogP contribution in [0.4, 0.5) is 0 Å². The maximum atomic E-state index is 12.0. The van der Waals surface area contributed by atoms with Crippen molar-refractivity contribution in [2.45, 2.75) is 11.6 Å². The lowest BCUT2D eigenvalue weighted by molar-refractivity contribution is -0.127. The van der Waals surface area contributed by atoms with E-state index in [0.717, 1.165) is 11.3 Å². The highest BCUT2D eigenvalue weighted by atomic mass is 32.2. The van der Waals surface area contributed by atoms with Gasteiger partial charge in [0.25, 0.3) is 0 Å². The average molecular weight is 346 g/mol. The molecule has 24 heavy (non-hydrogen) atoms. The third-order valence-electron chi connectivity index (χ3n) is 3.32. The van der Waals surface area contributed by atoms with Gasteiger partial charge in [-0.05, 0) is 24.3 Å². The number of thioether (sulfide) groups is 1. The number of amides is 1. The van der Waals surface area contributed by atoms with Gasteiger partial charge in [-0.3, -0.25) is 4.79 Å². The molecule has 2 rings (SSSR count). The molecule has 0 atom stereocenters. The van der Waals surface area contributed by atoms with Crippen LogP contribution >= 0.6 is 11.8 Å². The molecule has 9 heteroatoms. The summed E-state index contributed by atoms with van der Waals surface area (Å²) in [5, 5.41) is 17.1. The second-order valence-corrected chi connectivity index (χ2v) is 5.86. The summed E-state index contributed by atoms with van der Waals surface area (Å²) < 4.78 is 6.47. The Kier molecular flexibility index (Phi) is 6.03. The molecule has 1 aromatic carbocycles. The first-order chi connectivity index (χ1) is 11.6. The van der Waals surface area contributed by atoms with Gasteiger partial charge in [0, 0.05) is 19.2 Å². The summed E-state index contributed by atoms with van der Waals surface area (Å²) in [6.45, 7) is 0.405. The van der Waals surface area contributed by atoms with Crippen molar-refractivity contribution in [2.75, 3.05) is 32.3 Å². The molecule has 0 saturated heterocycles. The summed E-state index contributed by atoms with van der Waals surface area (Å²) in [4.78, 5) is 13.5. The number of carbonyl (C=O) groups is 1. The molecule has 0 saturated carbocycles. The van der Waals surface area contributed by atoms with Crippen LogP contribution in [-0.2, 0) is 4.79 Å². The molecule has 0 unspecified atom stereocenters. The number of nitrogen functional groups attached to an aromatic ring is 1. The van der Waals surface area contributed by atoms with E-state index in [1.54, 1.807) is 14.2 Å². The van der Waals surface area contributed by atoms with Gasteiger partial charge in [0.15, 0.2) is 5.82 Å². The monoisotopic (exact) mass is 346 g/mol. The number of rotatable bonds is 7. The largest absolute Gasteiger partial charge is 0.497 e.